The lowest BCUT2D eigenvalue weighted by molar-refractivity contribution is -0.135. The third-order valence-electron chi connectivity index (χ3n) is 5.06. The average Bonchev–Trinajstić information content (AvgIpc) is 3.15. The molecule has 3 rings (SSSR count). The summed E-state index contributed by atoms with van der Waals surface area (Å²) in [4.78, 5) is 24.9. The van der Waals surface area contributed by atoms with Crippen molar-refractivity contribution in [2.45, 2.75) is 25.4 Å². The minimum absolute atomic E-state index is 0. The highest BCUT2D eigenvalue weighted by Crippen LogP contribution is 2.24. The maximum atomic E-state index is 12.5. The van der Waals surface area contributed by atoms with Crippen molar-refractivity contribution in [2.75, 3.05) is 44.2 Å². The number of rotatable bonds is 6. The Balaban J connectivity index is 0.00000210. The van der Waals surface area contributed by atoms with Gasteiger partial charge in [0, 0.05) is 44.2 Å². The van der Waals surface area contributed by atoms with Crippen molar-refractivity contribution >= 4 is 36.7 Å². The van der Waals surface area contributed by atoms with Crippen LogP contribution in [0.2, 0.25) is 0 Å². The molecule has 1 atom stereocenters. The summed E-state index contributed by atoms with van der Waals surface area (Å²) in [5, 5.41) is 9.60. The van der Waals surface area contributed by atoms with Gasteiger partial charge in [-0.05, 0) is 19.3 Å². The molecule has 0 aliphatic carbocycles. The van der Waals surface area contributed by atoms with Gasteiger partial charge in [-0.1, -0.05) is 0 Å². The number of likely N-dealkylation sites (tertiary alicyclic amines) is 1. The molecule has 29 heavy (non-hydrogen) atoms. The molecule has 0 bridgehead atoms. The second-order valence-electron chi connectivity index (χ2n) is 6.97. The zero-order chi connectivity index (χ0) is 19.2. The molecular weight excluding hydrogens is 424 g/mol. The van der Waals surface area contributed by atoms with E-state index in [0.717, 1.165) is 12.8 Å². The number of nitrogens with zero attached hydrogens (tertiary/aromatic N) is 4. The lowest BCUT2D eigenvalue weighted by atomic mass is 9.95. The van der Waals surface area contributed by atoms with E-state index in [1.54, 1.807) is 17.3 Å². The molecule has 3 N–H and O–H groups in total. The molecule has 1 aromatic heterocycles. The van der Waals surface area contributed by atoms with Crippen LogP contribution in [0.4, 0.5) is 10.3 Å². The Hall–Kier alpha value is -1.68. The molecule has 0 unspecified atom stereocenters. The summed E-state index contributed by atoms with van der Waals surface area (Å²) in [6.07, 6.45) is 5.33. The van der Waals surface area contributed by atoms with Gasteiger partial charge in [-0.2, -0.15) is 0 Å². The summed E-state index contributed by atoms with van der Waals surface area (Å²) >= 11 is 0. The number of carbonyl (C=O) groups is 1. The van der Waals surface area contributed by atoms with Crippen LogP contribution >= 0.6 is 24.8 Å². The first-order chi connectivity index (χ1) is 13.1. The van der Waals surface area contributed by atoms with Gasteiger partial charge in [-0.15, -0.1) is 24.8 Å². The lowest BCUT2D eigenvalue weighted by Crippen LogP contribution is -2.42. The number of nitrogens with two attached hydrogens (primary N) is 1. The minimum Gasteiger partial charge on any atom is -0.486 e. The van der Waals surface area contributed by atoms with Gasteiger partial charge in [0.05, 0.1) is 24.8 Å². The van der Waals surface area contributed by atoms with Crippen LogP contribution in [0, 0.1) is 5.92 Å². The molecule has 0 aromatic carbocycles. The van der Waals surface area contributed by atoms with Crippen LogP contribution < -0.4 is 15.4 Å². The second kappa shape index (κ2) is 12.1. The van der Waals surface area contributed by atoms with Crippen LogP contribution in [0.5, 0.6) is 5.75 Å². The van der Waals surface area contributed by atoms with E-state index in [4.69, 9.17) is 10.5 Å². The molecule has 1 aromatic rings. The number of piperidine rings is 1. The van der Waals surface area contributed by atoms with Crippen LogP contribution in [0.15, 0.2) is 24.3 Å². The van der Waals surface area contributed by atoms with Gasteiger partial charge < -0.3 is 25.4 Å². The number of aliphatic hydroxyl groups excluding tert-OH is 1. The molecule has 0 radical (unpaired) electrons. The monoisotopic (exact) mass is 451 g/mol. The van der Waals surface area contributed by atoms with E-state index in [1.807, 2.05) is 4.90 Å². The molecule has 3 heterocycles. The summed E-state index contributed by atoms with van der Waals surface area (Å²) in [7, 11) is 0. The number of anilines is 1. The number of halogens is 3. The quantitative estimate of drug-likeness (QED) is 0.671. The van der Waals surface area contributed by atoms with E-state index in [0.29, 0.717) is 56.2 Å². The van der Waals surface area contributed by atoms with Crippen molar-refractivity contribution in [2.24, 2.45) is 11.7 Å². The number of hydrogen-bond donors (Lipinski definition) is 2. The Morgan fingerprint density at radius 2 is 1.90 bits per heavy atom. The van der Waals surface area contributed by atoms with Gasteiger partial charge in [-0.3, -0.25) is 4.79 Å². The SMILES string of the molecule is Cl.Cl.NC/C(=C\F)COc1cnc(N2CCC(C(=O)N3CC[C@H](O)C3)CC2)nc1. The van der Waals surface area contributed by atoms with Crippen molar-refractivity contribution in [1.82, 2.24) is 14.9 Å². The smallest absolute Gasteiger partial charge is 0.225 e. The fraction of sp³-hybridized carbons (Fsp3) is 0.611. The molecule has 0 spiro atoms. The van der Waals surface area contributed by atoms with Gasteiger partial charge in [0.1, 0.15) is 6.61 Å². The van der Waals surface area contributed by atoms with Crippen molar-refractivity contribution in [3.05, 3.63) is 24.3 Å². The summed E-state index contributed by atoms with van der Waals surface area (Å²) in [5.74, 6) is 1.18. The number of ether oxygens (including phenoxy) is 1. The molecule has 1 amide bonds. The molecule has 8 nitrogen and oxygen atoms in total. The van der Waals surface area contributed by atoms with Crippen molar-refractivity contribution < 1.29 is 19.0 Å². The van der Waals surface area contributed by atoms with Gasteiger partial charge in [0.25, 0.3) is 0 Å². The third kappa shape index (κ3) is 6.67. The van der Waals surface area contributed by atoms with Crippen molar-refractivity contribution in [1.29, 1.82) is 0 Å². The molecule has 11 heteroatoms. The van der Waals surface area contributed by atoms with Gasteiger partial charge in [-0.25, -0.2) is 14.4 Å². The zero-order valence-electron chi connectivity index (χ0n) is 16.1. The highest BCUT2D eigenvalue weighted by molar-refractivity contribution is 5.85. The van der Waals surface area contributed by atoms with E-state index in [2.05, 4.69) is 9.97 Å². The maximum absolute atomic E-state index is 12.5. The maximum Gasteiger partial charge on any atom is 0.225 e. The molecule has 2 aliphatic rings. The molecule has 0 saturated carbocycles. The van der Waals surface area contributed by atoms with Crippen LogP contribution in [-0.4, -0.2) is 71.3 Å². The molecule has 2 fully saturated rings. The zero-order valence-corrected chi connectivity index (χ0v) is 17.7. The predicted molar refractivity (Wildman–Crippen MR) is 112 cm³/mol. The highest BCUT2D eigenvalue weighted by atomic mass is 35.5. The van der Waals surface area contributed by atoms with Gasteiger partial charge in [0.15, 0.2) is 5.75 Å². The molecule has 164 valence electrons. The Kier molecular flexibility index (Phi) is 10.6. The van der Waals surface area contributed by atoms with Gasteiger partial charge in [0.2, 0.25) is 11.9 Å². The fourth-order valence-corrected chi connectivity index (χ4v) is 3.38. The van der Waals surface area contributed by atoms with Gasteiger partial charge >= 0.3 is 0 Å². The van der Waals surface area contributed by atoms with Crippen molar-refractivity contribution in [3.8, 4) is 5.75 Å². The van der Waals surface area contributed by atoms with E-state index in [9.17, 15) is 14.3 Å². The summed E-state index contributed by atoms with van der Waals surface area (Å²) in [6, 6.07) is 0. The van der Waals surface area contributed by atoms with E-state index in [-0.39, 0.29) is 55.9 Å². The van der Waals surface area contributed by atoms with Crippen LogP contribution in [0.1, 0.15) is 19.3 Å². The summed E-state index contributed by atoms with van der Waals surface area (Å²) in [5.41, 5.74) is 5.74. The Labute approximate surface area is 182 Å². The van der Waals surface area contributed by atoms with Crippen LogP contribution in [0.25, 0.3) is 0 Å². The minimum atomic E-state index is -0.385. The first kappa shape index (κ1) is 25.4. The standard InChI is InChI=1S/C18H26FN5O3.2ClH/c19-7-13(8-20)12-27-16-9-21-18(22-10-16)23-4-1-14(2-5-23)17(26)24-6-3-15(25)11-24;;/h7,9-10,14-15,25H,1-6,8,11-12,20H2;2*1H/b13-7+;;/t15-;;/m0../s1. The average molecular weight is 452 g/mol. The Morgan fingerprint density at radius 3 is 2.41 bits per heavy atom. The molecule has 2 aliphatic heterocycles. The molecule has 2 saturated heterocycles. The Bertz CT molecular complexity index is 672. The Morgan fingerprint density at radius 1 is 1.24 bits per heavy atom. The van der Waals surface area contributed by atoms with Crippen LogP contribution in [0.3, 0.4) is 0 Å². The van der Waals surface area contributed by atoms with E-state index < -0.39 is 0 Å². The topological polar surface area (TPSA) is 105 Å². The van der Waals surface area contributed by atoms with E-state index >= 15 is 0 Å². The van der Waals surface area contributed by atoms with Crippen molar-refractivity contribution in [3.63, 3.8) is 0 Å². The fourth-order valence-electron chi connectivity index (χ4n) is 3.38. The number of hydrogen-bond acceptors (Lipinski definition) is 7. The summed E-state index contributed by atoms with van der Waals surface area (Å²) in [6.45, 7) is 2.67. The number of aliphatic hydroxyl groups is 1. The largest absolute Gasteiger partial charge is 0.486 e. The van der Waals surface area contributed by atoms with E-state index in [1.165, 1.54) is 0 Å². The lowest BCUT2D eigenvalue weighted by Gasteiger charge is -2.33. The third-order valence-corrected chi connectivity index (χ3v) is 5.06. The highest BCUT2D eigenvalue weighted by Gasteiger charge is 2.32. The predicted octanol–water partition coefficient (Wildman–Crippen LogP) is 1.32. The first-order valence-electron chi connectivity index (χ1n) is 9.25. The normalized spacial score (nSPS) is 20.1. The van der Waals surface area contributed by atoms with Crippen LogP contribution in [-0.2, 0) is 4.79 Å². The number of β-amino-alcohol motifs (C(OH)–C–C–N with tert-alkyl or cyclic N) is 1. The molecular formula is C18H28Cl2FN5O3. The second-order valence-corrected chi connectivity index (χ2v) is 6.97. The number of amides is 1. The summed E-state index contributed by atoms with van der Waals surface area (Å²) < 4.78 is 17.9. The first-order valence-corrected chi connectivity index (χ1v) is 9.25. The number of carbonyl (C=O) groups excluding carboxylic acids is 1. The number of aromatic nitrogens is 2.